The minimum absolute atomic E-state index is 0.369. The number of nitrogens with zero attached hydrogens (tertiary/aromatic N) is 1. The maximum Gasteiger partial charge on any atom is 0.414 e. The van der Waals surface area contributed by atoms with Gasteiger partial charge in [-0.3, -0.25) is 4.79 Å². The fourth-order valence-electron chi connectivity index (χ4n) is 0.843. The van der Waals surface area contributed by atoms with Gasteiger partial charge in [0, 0.05) is 19.7 Å². The molecule has 0 fully saturated rings. The van der Waals surface area contributed by atoms with Crippen LogP contribution in [0.2, 0.25) is 0 Å². The summed E-state index contributed by atoms with van der Waals surface area (Å²) >= 11 is 0. The van der Waals surface area contributed by atoms with Crippen molar-refractivity contribution in [1.82, 2.24) is 4.90 Å². The van der Waals surface area contributed by atoms with Gasteiger partial charge in [-0.25, -0.2) is 4.79 Å². The van der Waals surface area contributed by atoms with Gasteiger partial charge < -0.3 is 9.64 Å². The normalized spacial score (nSPS) is 9.29. The number of ether oxygens (including phenoxy) is 1. The van der Waals surface area contributed by atoms with Crippen LogP contribution in [0.4, 0.5) is 4.79 Å². The summed E-state index contributed by atoms with van der Waals surface area (Å²) in [5.74, 6) is 0.369. The predicted octanol–water partition coefficient (Wildman–Crippen LogP) is 1.56. The third-order valence-corrected chi connectivity index (χ3v) is 1.56. The van der Waals surface area contributed by atoms with E-state index in [9.17, 15) is 9.59 Å². The molecule has 0 atom stereocenters. The summed E-state index contributed by atoms with van der Waals surface area (Å²) in [4.78, 5) is 22.9. The van der Waals surface area contributed by atoms with E-state index in [1.165, 1.54) is 11.0 Å². The average molecular weight is 193 g/mol. The van der Waals surface area contributed by atoms with Gasteiger partial charge in [0.15, 0.2) is 0 Å². The molecule has 0 heterocycles. The number of carbonyl (C=O) groups excluding carboxylic acids is 2. The molecule has 1 aromatic rings. The van der Waals surface area contributed by atoms with Crippen LogP contribution >= 0.6 is 0 Å². The van der Waals surface area contributed by atoms with Crippen molar-refractivity contribution < 1.29 is 14.3 Å². The van der Waals surface area contributed by atoms with Crippen LogP contribution in [0.5, 0.6) is 5.75 Å². The second kappa shape index (κ2) is 4.41. The predicted molar refractivity (Wildman–Crippen MR) is 51.5 cm³/mol. The van der Waals surface area contributed by atoms with E-state index in [1.807, 2.05) is 0 Å². The first-order chi connectivity index (χ1) is 6.63. The fraction of sp³-hybridized carbons (Fsp3) is 0.200. The molecule has 0 radical (unpaired) electrons. The quantitative estimate of drug-likeness (QED) is 0.669. The first-order valence-corrected chi connectivity index (χ1v) is 4.08. The molecule has 0 bridgehead atoms. The second-order valence-corrected chi connectivity index (χ2v) is 2.95. The molecule has 0 N–H and O–H groups in total. The van der Waals surface area contributed by atoms with Gasteiger partial charge >= 0.3 is 6.09 Å². The fourth-order valence-corrected chi connectivity index (χ4v) is 0.843. The summed E-state index contributed by atoms with van der Waals surface area (Å²) in [7, 11) is 3.18. The van der Waals surface area contributed by atoms with Gasteiger partial charge in [0.25, 0.3) is 0 Å². The van der Waals surface area contributed by atoms with Gasteiger partial charge in [0.1, 0.15) is 12.0 Å². The van der Waals surface area contributed by atoms with E-state index in [1.54, 1.807) is 32.3 Å². The molecule has 4 heteroatoms. The summed E-state index contributed by atoms with van der Waals surface area (Å²) in [6, 6.07) is 6.42. The SMILES string of the molecule is CN(C)C(=O)Oc1cccc(C=O)c1. The Morgan fingerprint density at radius 1 is 1.43 bits per heavy atom. The third kappa shape index (κ3) is 2.58. The van der Waals surface area contributed by atoms with Crippen LogP contribution in [0.25, 0.3) is 0 Å². The molecular formula is C10H11NO3. The van der Waals surface area contributed by atoms with E-state index in [2.05, 4.69) is 0 Å². The Hall–Kier alpha value is -1.84. The molecule has 0 aliphatic rings. The van der Waals surface area contributed by atoms with Crippen molar-refractivity contribution in [1.29, 1.82) is 0 Å². The maximum absolute atomic E-state index is 11.1. The molecule has 1 aromatic carbocycles. The molecule has 0 aliphatic heterocycles. The molecule has 1 amide bonds. The third-order valence-electron chi connectivity index (χ3n) is 1.56. The van der Waals surface area contributed by atoms with Crippen molar-refractivity contribution >= 4 is 12.4 Å². The number of carbonyl (C=O) groups is 2. The van der Waals surface area contributed by atoms with E-state index in [0.717, 1.165) is 0 Å². The van der Waals surface area contributed by atoms with Crippen molar-refractivity contribution in [3.8, 4) is 5.75 Å². The summed E-state index contributed by atoms with van der Waals surface area (Å²) in [6.45, 7) is 0. The Bertz CT molecular complexity index is 347. The number of amides is 1. The number of hydrogen-bond donors (Lipinski definition) is 0. The molecule has 0 aromatic heterocycles. The number of aldehydes is 1. The highest BCUT2D eigenvalue weighted by Gasteiger charge is 2.06. The van der Waals surface area contributed by atoms with Crippen LogP contribution in [0.15, 0.2) is 24.3 Å². The van der Waals surface area contributed by atoms with Crippen LogP contribution < -0.4 is 4.74 Å². The lowest BCUT2D eigenvalue weighted by atomic mass is 10.2. The van der Waals surface area contributed by atoms with E-state index < -0.39 is 6.09 Å². The van der Waals surface area contributed by atoms with Crippen LogP contribution in [-0.4, -0.2) is 31.4 Å². The van der Waals surface area contributed by atoms with Gasteiger partial charge in [-0.05, 0) is 12.1 Å². The van der Waals surface area contributed by atoms with Crippen molar-refractivity contribution in [2.75, 3.05) is 14.1 Å². The molecule has 0 saturated carbocycles. The van der Waals surface area contributed by atoms with Gasteiger partial charge in [-0.1, -0.05) is 12.1 Å². The van der Waals surface area contributed by atoms with Crippen molar-refractivity contribution in [3.05, 3.63) is 29.8 Å². The summed E-state index contributed by atoms with van der Waals surface area (Å²) in [5.41, 5.74) is 0.481. The average Bonchev–Trinajstić information content (AvgIpc) is 2.18. The van der Waals surface area contributed by atoms with Crippen molar-refractivity contribution in [3.63, 3.8) is 0 Å². The van der Waals surface area contributed by atoms with Crippen molar-refractivity contribution in [2.45, 2.75) is 0 Å². The molecule has 74 valence electrons. The van der Waals surface area contributed by atoms with E-state index >= 15 is 0 Å². The molecule has 0 aliphatic carbocycles. The van der Waals surface area contributed by atoms with E-state index in [0.29, 0.717) is 17.6 Å². The molecule has 4 nitrogen and oxygen atoms in total. The summed E-state index contributed by atoms with van der Waals surface area (Å²) < 4.78 is 4.95. The van der Waals surface area contributed by atoms with E-state index in [-0.39, 0.29) is 0 Å². The Morgan fingerprint density at radius 3 is 2.71 bits per heavy atom. The summed E-state index contributed by atoms with van der Waals surface area (Å²) in [5, 5.41) is 0. The lowest BCUT2D eigenvalue weighted by Gasteiger charge is -2.10. The van der Waals surface area contributed by atoms with Crippen molar-refractivity contribution in [2.24, 2.45) is 0 Å². The Morgan fingerprint density at radius 2 is 2.14 bits per heavy atom. The molecule has 0 spiro atoms. The first kappa shape index (κ1) is 10.2. The number of benzene rings is 1. The minimum Gasteiger partial charge on any atom is -0.410 e. The minimum atomic E-state index is -0.465. The zero-order chi connectivity index (χ0) is 10.6. The number of hydrogen-bond acceptors (Lipinski definition) is 3. The zero-order valence-electron chi connectivity index (χ0n) is 8.06. The molecule has 0 unspecified atom stereocenters. The number of rotatable bonds is 2. The second-order valence-electron chi connectivity index (χ2n) is 2.95. The molecule has 1 rings (SSSR count). The van der Waals surface area contributed by atoms with Gasteiger partial charge in [-0.15, -0.1) is 0 Å². The van der Waals surface area contributed by atoms with Gasteiger partial charge in [0.05, 0.1) is 0 Å². The highest BCUT2D eigenvalue weighted by molar-refractivity contribution is 5.76. The van der Waals surface area contributed by atoms with Crippen LogP contribution in [0, 0.1) is 0 Å². The smallest absolute Gasteiger partial charge is 0.410 e. The largest absolute Gasteiger partial charge is 0.414 e. The Balaban J connectivity index is 2.76. The topological polar surface area (TPSA) is 46.6 Å². The monoisotopic (exact) mass is 193 g/mol. The Labute approximate surface area is 82.1 Å². The van der Waals surface area contributed by atoms with Crippen LogP contribution in [0.1, 0.15) is 10.4 Å². The molecular weight excluding hydrogens is 182 g/mol. The summed E-state index contributed by atoms with van der Waals surface area (Å²) in [6.07, 6.45) is 0.237. The lowest BCUT2D eigenvalue weighted by molar-refractivity contribution is 0.112. The van der Waals surface area contributed by atoms with Gasteiger partial charge in [0.2, 0.25) is 0 Å². The highest BCUT2D eigenvalue weighted by Crippen LogP contribution is 2.12. The molecule has 0 saturated heterocycles. The Kier molecular flexibility index (Phi) is 3.23. The lowest BCUT2D eigenvalue weighted by Crippen LogP contribution is -2.25. The van der Waals surface area contributed by atoms with E-state index in [4.69, 9.17) is 4.74 Å². The first-order valence-electron chi connectivity index (χ1n) is 4.08. The van der Waals surface area contributed by atoms with Gasteiger partial charge in [-0.2, -0.15) is 0 Å². The standard InChI is InChI=1S/C10H11NO3/c1-11(2)10(13)14-9-5-3-4-8(6-9)7-12/h3-7H,1-2H3. The molecule has 14 heavy (non-hydrogen) atoms. The van der Waals surface area contributed by atoms with Crippen LogP contribution in [-0.2, 0) is 0 Å². The zero-order valence-corrected chi connectivity index (χ0v) is 8.06. The maximum atomic E-state index is 11.1. The van der Waals surface area contributed by atoms with Crippen LogP contribution in [0.3, 0.4) is 0 Å². The highest BCUT2D eigenvalue weighted by atomic mass is 16.6.